The molecular weight excluding hydrogens is 274 g/mol. The van der Waals surface area contributed by atoms with E-state index >= 15 is 0 Å². The molecule has 0 aliphatic carbocycles. The minimum absolute atomic E-state index is 0.0184. The summed E-state index contributed by atoms with van der Waals surface area (Å²) in [5, 5.41) is 3.10. The lowest BCUT2D eigenvalue weighted by Crippen LogP contribution is -2.41. The monoisotopic (exact) mass is 297 g/mol. The van der Waals surface area contributed by atoms with E-state index in [4.69, 9.17) is 4.74 Å². The predicted octanol–water partition coefficient (Wildman–Crippen LogP) is 3.60. The van der Waals surface area contributed by atoms with Gasteiger partial charge in [0.2, 0.25) is 5.91 Å². The van der Waals surface area contributed by atoms with Crippen LogP contribution < -0.4 is 10.1 Å². The molecule has 3 heteroatoms. The Morgan fingerprint density at radius 3 is 2.36 bits per heavy atom. The van der Waals surface area contributed by atoms with E-state index < -0.39 is 5.54 Å². The normalized spacial score (nSPS) is 11.1. The number of ether oxygens (including phenoxy) is 1. The first-order valence-electron chi connectivity index (χ1n) is 7.42. The van der Waals surface area contributed by atoms with Crippen molar-refractivity contribution in [3.8, 4) is 5.75 Å². The van der Waals surface area contributed by atoms with Crippen LogP contribution in [-0.2, 0) is 16.8 Å². The number of rotatable bonds is 5. The Morgan fingerprint density at radius 1 is 1.09 bits per heavy atom. The predicted molar refractivity (Wildman–Crippen MR) is 89.0 cm³/mol. The average Bonchev–Trinajstić information content (AvgIpc) is 2.47. The maximum Gasteiger partial charge on any atom is 0.225 e. The van der Waals surface area contributed by atoms with Gasteiger partial charge in [-0.15, -0.1) is 0 Å². The Balaban J connectivity index is 2.09. The standard InChI is InChI=1S/C19H23NO2/c1-14-9-11-16(12-10-14)19(2,3)20-18(21)13-15-7-5-6-8-17(15)22-4/h5-12H,13H2,1-4H3,(H,20,21). The molecule has 0 unspecified atom stereocenters. The van der Waals surface area contributed by atoms with E-state index in [2.05, 4.69) is 36.5 Å². The average molecular weight is 297 g/mol. The fourth-order valence-corrected chi connectivity index (χ4v) is 2.46. The zero-order valence-electron chi connectivity index (χ0n) is 13.6. The van der Waals surface area contributed by atoms with Gasteiger partial charge < -0.3 is 10.1 Å². The summed E-state index contributed by atoms with van der Waals surface area (Å²) in [5.74, 6) is 0.723. The number of amides is 1. The molecule has 0 saturated carbocycles. The molecule has 0 aromatic heterocycles. The van der Waals surface area contributed by atoms with Gasteiger partial charge in [0.15, 0.2) is 0 Å². The van der Waals surface area contributed by atoms with Crippen LogP contribution in [0.3, 0.4) is 0 Å². The Kier molecular flexibility index (Phi) is 4.86. The fourth-order valence-electron chi connectivity index (χ4n) is 2.46. The van der Waals surface area contributed by atoms with E-state index in [1.807, 2.05) is 38.1 Å². The van der Waals surface area contributed by atoms with Gasteiger partial charge in [-0.05, 0) is 32.4 Å². The lowest BCUT2D eigenvalue weighted by atomic mass is 9.93. The minimum atomic E-state index is -0.410. The van der Waals surface area contributed by atoms with Crippen LogP contribution in [-0.4, -0.2) is 13.0 Å². The first-order chi connectivity index (χ1) is 10.4. The third-order valence-electron chi connectivity index (χ3n) is 3.77. The first-order valence-corrected chi connectivity index (χ1v) is 7.42. The van der Waals surface area contributed by atoms with Crippen molar-refractivity contribution < 1.29 is 9.53 Å². The molecule has 0 aliphatic rings. The van der Waals surface area contributed by atoms with E-state index in [9.17, 15) is 4.79 Å². The van der Waals surface area contributed by atoms with Gasteiger partial charge in [-0.2, -0.15) is 0 Å². The summed E-state index contributed by atoms with van der Waals surface area (Å²) in [6, 6.07) is 15.8. The molecule has 22 heavy (non-hydrogen) atoms. The Morgan fingerprint density at radius 2 is 1.73 bits per heavy atom. The number of hydrogen-bond donors (Lipinski definition) is 1. The van der Waals surface area contributed by atoms with Crippen molar-refractivity contribution in [1.29, 1.82) is 0 Å². The van der Waals surface area contributed by atoms with Gasteiger partial charge in [0.25, 0.3) is 0 Å². The van der Waals surface area contributed by atoms with Crippen LogP contribution in [0.2, 0.25) is 0 Å². The van der Waals surface area contributed by atoms with Crippen LogP contribution in [0.5, 0.6) is 5.75 Å². The second kappa shape index (κ2) is 6.65. The van der Waals surface area contributed by atoms with Crippen molar-refractivity contribution in [1.82, 2.24) is 5.32 Å². The molecule has 2 rings (SSSR count). The number of hydrogen-bond acceptors (Lipinski definition) is 2. The molecule has 0 spiro atoms. The molecule has 116 valence electrons. The summed E-state index contributed by atoms with van der Waals surface area (Å²) in [4.78, 5) is 12.4. The summed E-state index contributed by atoms with van der Waals surface area (Å²) in [7, 11) is 1.62. The van der Waals surface area contributed by atoms with Crippen molar-refractivity contribution in [2.24, 2.45) is 0 Å². The van der Waals surface area contributed by atoms with Gasteiger partial charge in [0.05, 0.1) is 19.1 Å². The SMILES string of the molecule is COc1ccccc1CC(=O)NC(C)(C)c1ccc(C)cc1. The highest BCUT2D eigenvalue weighted by Gasteiger charge is 2.23. The lowest BCUT2D eigenvalue weighted by Gasteiger charge is -2.27. The molecule has 0 saturated heterocycles. The smallest absolute Gasteiger partial charge is 0.225 e. The first kappa shape index (κ1) is 16.1. The van der Waals surface area contributed by atoms with Crippen LogP contribution in [0.1, 0.15) is 30.5 Å². The van der Waals surface area contributed by atoms with Crippen LogP contribution in [0.15, 0.2) is 48.5 Å². The van der Waals surface area contributed by atoms with Crippen LogP contribution in [0.25, 0.3) is 0 Å². The van der Waals surface area contributed by atoms with Gasteiger partial charge >= 0.3 is 0 Å². The second-order valence-electron chi connectivity index (χ2n) is 6.03. The number of nitrogens with one attached hydrogen (secondary N) is 1. The van der Waals surface area contributed by atoms with Gasteiger partial charge in [0, 0.05) is 5.56 Å². The van der Waals surface area contributed by atoms with Crippen LogP contribution >= 0.6 is 0 Å². The summed E-state index contributed by atoms with van der Waals surface area (Å²) in [5.41, 5.74) is 2.78. The van der Waals surface area contributed by atoms with Crippen molar-refractivity contribution in [2.75, 3.05) is 7.11 Å². The summed E-state index contributed by atoms with van der Waals surface area (Å²) >= 11 is 0. The number of methoxy groups -OCH3 is 1. The maximum atomic E-state index is 12.4. The van der Waals surface area contributed by atoms with Gasteiger partial charge in [0.1, 0.15) is 5.75 Å². The van der Waals surface area contributed by atoms with Crippen molar-refractivity contribution in [2.45, 2.75) is 32.7 Å². The highest BCUT2D eigenvalue weighted by atomic mass is 16.5. The molecule has 1 N–H and O–H groups in total. The van der Waals surface area contributed by atoms with Gasteiger partial charge in [-0.1, -0.05) is 48.0 Å². The lowest BCUT2D eigenvalue weighted by molar-refractivity contribution is -0.122. The minimum Gasteiger partial charge on any atom is -0.496 e. The molecular formula is C19H23NO2. The van der Waals surface area contributed by atoms with E-state index in [0.717, 1.165) is 16.9 Å². The third kappa shape index (κ3) is 3.88. The number of para-hydroxylation sites is 1. The molecule has 0 fully saturated rings. The third-order valence-corrected chi connectivity index (χ3v) is 3.77. The van der Waals surface area contributed by atoms with Crippen molar-refractivity contribution in [3.05, 3.63) is 65.2 Å². The second-order valence-corrected chi connectivity index (χ2v) is 6.03. The van der Waals surface area contributed by atoms with E-state index in [0.29, 0.717) is 6.42 Å². The van der Waals surface area contributed by atoms with Crippen LogP contribution in [0, 0.1) is 6.92 Å². The Hall–Kier alpha value is -2.29. The summed E-state index contributed by atoms with van der Waals surface area (Å²) < 4.78 is 5.29. The Labute approximate surface area is 132 Å². The zero-order chi connectivity index (χ0) is 16.2. The number of aryl methyl sites for hydroxylation is 1. The zero-order valence-corrected chi connectivity index (χ0v) is 13.6. The van der Waals surface area contributed by atoms with E-state index in [1.54, 1.807) is 7.11 Å². The number of benzene rings is 2. The van der Waals surface area contributed by atoms with Crippen LogP contribution in [0.4, 0.5) is 0 Å². The highest BCUT2D eigenvalue weighted by Crippen LogP contribution is 2.22. The van der Waals surface area contributed by atoms with Crippen molar-refractivity contribution in [3.63, 3.8) is 0 Å². The van der Waals surface area contributed by atoms with Gasteiger partial charge in [-0.25, -0.2) is 0 Å². The molecule has 0 aliphatic heterocycles. The number of carbonyl (C=O) groups is 1. The fraction of sp³-hybridized carbons (Fsp3) is 0.316. The van der Waals surface area contributed by atoms with Crippen molar-refractivity contribution >= 4 is 5.91 Å². The molecule has 0 atom stereocenters. The summed E-state index contributed by atoms with van der Waals surface area (Å²) in [6.45, 7) is 6.08. The van der Waals surface area contributed by atoms with E-state index in [-0.39, 0.29) is 5.91 Å². The molecule has 1 amide bonds. The molecule has 3 nitrogen and oxygen atoms in total. The molecule has 2 aromatic carbocycles. The number of carbonyl (C=O) groups excluding carboxylic acids is 1. The molecule has 2 aromatic rings. The topological polar surface area (TPSA) is 38.3 Å². The molecule has 0 bridgehead atoms. The molecule has 0 heterocycles. The largest absolute Gasteiger partial charge is 0.496 e. The quantitative estimate of drug-likeness (QED) is 0.915. The van der Waals surface area contributed by atoms with E-state index in [1.165, 1.54) is 5.56 Å². The highest BCUT2D eigenvalue weighted by molar-refractivity contribution is 5.80. The molecule has 0 radical (unpaired) electrons. The van der Waals surface area contributed by atoms with Gasteiger partial charge in [-0.3, -0.25) is 4.79 Å². The maximum absolute atomic E-state index is 12.4. The Bertz CT molecular complexity index is 645. The summed E-state index contributed by atoms with van der Waals surface area (Å²) in [6.07, 6.45) is 0.305.